The highest BCUT2D eigenvalue weighted by atomic mass is 16.7. The topological polar surface area (TPSA) is 38.7 Å². The fraction of sp³-hybridized carbons (Fsp3) is 0.455. The van der Waals surface area contributed by atoms with Gasteiger partial charge in [-0.3, -0.25) is 0 Å². The Labute approximate surface area is 84.3 Å². The number of aliphatic hydroxyl groups is 1. The molecule has 0 fully saturated rings. The van der Waals surface area contributed by atoms with Gasteiger partial charge < -0.3 is 14.6 Å². The van der Waals surface area contributed by atoms with E-state index in [2.05, 4.69) is 0 Å². The Bertz CT molecular complexity index is 254. The molecule has 1 aromatic carbocycles. The Morgan fingerprint density at radius 1 is 1.29 bits per heavy atom. The molecule has 0 radical (unpaired) electrons. The monoisotopic (exact) mass is 196 g/mol. The van der Waals surface area contributed by atoms with Gasteiger partial charge in [-0.15, -0.1) is 0 Å². The van der Waals surface area contributed by atoms with E-state index in [-0.39, 0.29) is 6.79 Å². The fourth-order valence-electron chi connectivity index (χ4n) is 1.04. The van der Waals surface area contributed by atoms with Gasteiger partial charge in [0.05, 0.1) is 6.10 Å². The largest absolute Gasteiger partial charge is 0.468 e. The van der Waals surface area contributed by atoms with Crippen molar-refractivity contribution in [2.45, 2.75) is 20.0 Å². The van der Waals surface area contributed by atoms with E-state index in [1.54, 1.807) is 6.92 Å². The van der Waals surface area contributed by atoms with Gasteiger partial charge in [0.15, 0.2) is 6.79 Å². The van der Waals surface area contributed by atoms with Gasteiger partial charge in [-0.25, -0.2) is 0 Å². The zero-order chi connectivity index (χ0) is 10.4. The average molecular weight is 196 g/mol. The number of aliphatic hydroxyl groups excluding tert-OH is 1. The molecule has 1 atom stereocenters. The lowest BCUT2D eigenvalue weighted by molar-refractivity contribution is 0.0224. The summed E-state index contributed by atoms with van der Waals surface area (Å²) >= 11 is 0. The molecule has 3 heteroatoms. The quantitative estimate of drug-likeness (QED) is 0.579. The molecule has 0 amide bonds. The molecule has 1 aromatic rings. The second-order valence-corrected chi connectivity index (χ2v) is 3.00. The van der Waals surface area contributed by atoms with Crippen molar-refractivity contribution in [3.63, 3.8) is 0 Å². The van der Waals surface area contributed by atoms with Crippen LogP contribution in [0, 0.1) is 0 Å². The van der Waals surface area contributed by atoms with Crippen molar-refractivity contribution in [3.05, 3.63) is 29.8 Å². The summed E-state index contributed by atoms with van der Waals surface area (Å²) in [6.07, 6.45) is -0.434. The molecule has 0 saturated heterocycles. The van der Waals surface area contributed by atoms with E-state index in [1.807, 2.05) is 31.2 Å². The molecule has 1 N–H and O–H groups in total. The number of benzene rings is 1. The van der Waals surface area contributed by atoms with Crippen molar-refractivity contribution in [2.75, 3.05) is 13.4 Å². The summed E-state index contributed by atoms with van der Waals surface area (Å²) in [4.78, 5) is 0. The van der Waals surface area contributed by atoms with Crippen molar-refractivity contribution in [2.24, 2.45) is 0 Å². The summed E-state index contributed by atoms with van der Waals surface area (Å²) in [6.45, 7) is 4.56. The molecular formula is C11H16O3. The smallest absolute Gasteiger partial charge is 0.189 e. The molecule has 0 heterocycles. The zero-order valence-corrected chi connectivity index (χ0v) is 8.56. The maximum atomic E-state index is 9.26. The number of ether oxygens (including phenoxy) is 2. The van der Waals surface area contributed by atoms with E-state index < -0.39 is 6.10 Å². The van der Waals surface area contributed by atoms with Crippen LogP contribution in [0.25, 0.3) is 0 Å². The fourth-order valence-corrected chi connectivity index (χ4v) is 1.04. The van der Waals surface area contributed by atoms with Crippen LogP contribution in [0.4, 0.5) is 0 Å². The van der Waals surface area contributed by atoms with E-state index in [0.717, 1.165) is 11.3 Å². The third-order valence-electron chi connectivity index (χ3n) is 1.88. The van der Waals surface area contributed by atoms with E-state index in [9.17, 15) is 5.11 Å². The summed E-state index contributed by atoms with van der Waals surface area (Å²) in [6, 6.07) is 7.32. The summed E-state index contributed by atoms with van der Waals surface area (Å²) < 4.78 is 10.3. The molecule has 0 unspecified atom stereocenters. The van der Waals surface area contributed by atoms with Crippen LogP contribution in [-0.4, -0.2) is 18.5 Å². The predicted octanol–water partition coefficient (Wildman–Crippen LogP) is 2.11. The Kier molecular flexibility index (Phi) is 4.43. The van der Waals surface area contributed by atoms with Crippen LogP contribution in [0.2, 0.25) is 0 Å². The summed E-state index contributed by atoms with van der Waals surface area (Å²) in [5.74, 6) is 0.753. The van der Waals surface area contributed by atoms with Crippen LogP contribution in [0.15, 0.2) is 24.3 Å². The van der Waals surface area contributed by atoms with Crippen LogP contribution >= 0.6 is 0 Å². The summed E-state index contributed by atoms with van der Waals surface area (Å²) in [5.41, 5.74) is 0.883. The van der Waals surface area contributed by atoms with Gasteiger partial charge in [0.25, 0.3) is 0 Å². The van der Waals surface area contributed by atoms with Crippen molar-refractivity contribution in [3.8, 4) is 5.75 Å². The minimum atomic E-state index is -0.434. The van der Waals surface area contributed by atoms with Crippen LogP contribution in [0.1, 0.15) is 25.5 Å². The Morgan fingerprint density at radius 3 is 2.43 bits per heavy atom. The molecule has 0 aliphatic rings. The lowest BCUT2D eigenvalue weighted by Gasteiger charge is -2.07. The minimum Gasteiger partial charge on any atom is -0.468 e. The van der Waals surface area contributed by atoms with Gasteiger partial charge in [-0.05, 0) is 31.5 Å². The second kappa shape index (κ2) is 5.62. The second-order valence-electron chi connectivity index (χ2n) is 3.00. The highest BCUT2D eigenvalue weighted by Gasteiger charge is 2.00. The van der Waals surface area contributed by atoms with Crippen molar-refractivity contribution in [1.82, 2.24) is 0 Å². The van der Waals surface area contributed by atoms with E-state index >= 15 is 0 Å². The van der Waals surface area contributed by atoms with Gasteiger partial charge in [0.2, 0.25) is 0 Å². The number of hydrogen-bond donors (Lipinski definition) is 1. The Morgan fingerprint density at radius 2 is 1.93 bits per heavy atom. The van der Waals surface area contributed by atoms with Gasteiger partial charge in [0.1, 0.15) is 5.75 Å². The van der Waals surface area contributed by atoms with E-state index in [0.29, 0.717) is 6.61 Å². The van der Waals surface area contributed by atoms with Gasteiger partial charge >= 0.3 is 0 Å². The third kappa shape index (κ3) is 3.36. The average Bonchev–Trinajstić information content (AvgIpc) is 2.19. The molecule has 0 aliphatic heterocycles. The SMILES string of the molecule is CCOCOc1ccc([C@H](C)O)cc1. The van der Waals surface area contributed by atoms with Crippen molar-refractivity contribution < 1.29 is 14.6 Å². The molecule has 78 valence electrons. The highest BCUT2D eigenvalue weighted by molar-refractivity contribution is 5.28. The van der Waals surface area contributed by atoms with Crippen LogP contribution in [0.5, 0.6) is 5.75 Å². The first-order valence-electron chi connectivity index (χ1n) is 4.72. The highest BCUT2D eigenvalue weighted by Crippen LogP contribution is 2.16. The molecule has 3 nitrogen and oxygen atoms in total. The third-order valence-corrected chi connectivity index (χ3v) is 1.88. The molecule has 0 bridgehead atoms. The Hall–Kier alpha value is -1.06. The minimum absolute atomic E-state index is 0.268. The van der Waals surface area contributed by atoms with Crippen LogP contribution < -0.4 is 4.74 Å². The van der Waals surface area contributed by atoms with Gasteiger partial charge in [-0.1, -0.05) is 12.1 Å². The van der Waals surface area contributed by atoms with Crippen LogP contribution in [-0.2, 0) is 4.74 Å². The number of rotatable bonds is 5. The normalized spacial score (nSPS) is 12.5. The maximum absolute atomic E-state index is 9.26. The maximum Gasteiger partial charge on any atom is 0.189 e. The molecular weight excluding hydrogens is 180 g/mol. The summed E-state index contributed by atoms with van der Waals surface area (Å²) in [5, 5.41) is 9.26. The van der Waals surface area contributed by atoms with Crippen LogP contribution in [0.3, 0.4) is 0 Å². The van der Waals surface area contributed by atoms with Crippen molar-refractivity contribution >= 4 is 0 Å². The molecule has 0 saturated carbocycles. The zero-order valence-electron chi connectivity index (χ0n) is 8.56. The lowest BCUT2D eigenvalue weighted by atomic mass is 10.1. The standard InChI is InChI=1S/C11H16O3/c1-3-13-8-14-11-6-4-10(5-7-11)9(2)12/h4-7,9,12H,3,8H2,1-2H3/t9-/m0/s1. The lowest BCUT2D eigenvalue weighted by Crippen LogP contribution is -2.02. The molecule has 0 aromatic heterocycles. The predicted molar refractivity (Wildman–Crippen MR) is 54.2 cm³/mol. The number of hydrogen-bond acceptors (Lipinski definition) is 3. The first kappa shape index (κ1) is 11.0. The molecule has 14 heavy (non-hydrogen) atoms. The van der Waals surface area contributed by atoms with E-state index in [1.165, 1.54) is 0 Å². The van der Waals surface area contributed by atoms with Gasteiger partial charge in [0, 0.05) is 6.61 Å². The first-order chi connectivity index (χ1) is 6.74. The first-order valence-corrected chi connectivity index (χ1v) is 4.72. The Balaban J connectivity index is 2.47. The van der Waals surface area contributed by atoms with Crippen molar-refractivity contribution in [1.29, 1.82) is 0 Å². The van der Waals surface area contributed by atoms with Gasteiger partial charge in [-0.2, -0.15) is 0 Å². The molecule has 1 rings (SSSR count). The molecule has 0 spiro atoms. The van der Waals surface area contributed by atoms with E-state index in [4.69, 9.17) is 9.47 Å². The summed E-state index contributed by atoms with van der Waals surface area (Å²) in [7, 11) is 0. The molecule has 0 aliphatic carbocycles.